The zero-order valence-electron chi connectivity index (χ0n) is 12.6. The lowest BCUT2D eigenvalue weighted by Crippen LogP contribution is -2.38. The molecule has 114 valence electrons. The lowest BCUT2D eigenvalue weighted by atomic mass is 10.1. The van der Waals surface area contributed by atoms with Gasteiger partial charge < -0.3 is 10.6 Å². The molecule has 2 aromatic carbocycles. The SMILES string of the molecule is O=C(Nc1cccc2cccnc12)NC1(c2ccccc2)CC1. The molecule has 1 aromatic heterocycles. The number of para-hydroxylation sites is 1. The molecule has 0 bridgehead atoms. The summed E-state index contributed by atoms with van der Waals surface area (Å²) < 4.78 is 0. The summed E-state index contributed by atoms with van der Waals surface area (Å²) in [5, 5.41) is 7.07. The lowest BCUT2D eigenvalue weighted by Gasteiger charge is -2.18. The van der Waals surface area contributed by atoms with Crippen molar-refractivity contribution in [2.75, 3.05) is 5.32 Å². The van der Waals surface area contributed by atoms with E-state index in [0.29, 0.717) is 0 Å². The molecule has 4 nitrogen and oxygen atoms in total. The number of benzene rings is 2. The van der Waals surface area contributed by atoms with Crippen molar-refractivity contribution in [3.63, 3.8) is 0 Å². The second kappa shape index (κ2) is 5.39. The standard InChI is InChI=1S/C19H17N3O/c23-18(22-19(11-12-19)15-8-2-1-3-9-15)21-16-10-4-6-14-7-5-13-20-17(14)16/h1-10,13H,11-12H2,(H2,21,22,23). The van der Waals surface area contributed by atoms with E-state index < -0.39 is 0 Å². The predicted molar refractivity (Wildman–Crippen MR) is 91.3 cm³/mol. The number of pyridine rings is 1. The maximum absolute atomic E-state index is 12.4. The third kappa shape index (κ3) is 2.63. The zero-order chi connectivity index (χ0) is 15.7. The Hall–Kier alpha value is -2.88. The van der Waals surface area contributed by atoms with Crippen molar-refractivity contribution in [2.24, 2.45) is 0 Å². The van der Waals surface area contributed by atoms with Gasteiger partial charge in [-0.3, -0.25) is 4.98 Å². The highest BCUT2D eigenvalue weighted by Gasteiger charge is 2.45. The predicted octanol–water partition coefficient (Wildman–Crippen LogP) is 4.05. The van der Waals surface area contributed by atoms with Crippen LogP contribution in [0.25, 0.3) is 10.9 Å². The highest BCUT2D eigenvalue weighted by atomic mass is 16.2. The number of aromatic nitrogens is 1. The van der Waals surface area contributed by atoms with Crippen molar-refractivity contribution >= 4 is 22.6 Å². The van der Waals surface area contributed by atoms with Crippen molar-refractivity contribution < 1.29 is 4.79 Å². The van der Waals surface area contributed by atoms with Gasteiger partial charge in [0.1, 0.15) is 0 Å². The van der Waals surface area contributed by atoms with E-state index in [4.69, 9.17) is 0 Å². The number of carbonyl (C=O) groups is 1. The molecule has 2 N–H and O–H groups in total. The van der Waals surface area contributed by atoms with Gasteiger partial charge in [0.05, 0.1) is 16.7 Å². The minimum absolute atomic E-state index is 0.190. The molecule has 1 heterocycles. The molecule has 0 aliphatic heterocycles. The second-order valence-electron chi connectivity index (χ2n) is 5.91. The number of hydrogen-bond acceptors (Lipinski definition) is 2. The minimum atomic E-state index is -0.219. The second-order valence-corrected chi connectivity index (χ2v) is 5.91. The maximum Gasteiger partial charge on any atom is 0.320 e. The van der Waals surface area contributed by atoms with Crippen LogP contribution in [0.2, 0.25) is 0 Å². The quantitative estimate of drug-likeness (QED) is 0.767. The van der Waals surface area contributed by atoms with E-state index in [1.54, 1.807) is 6.20 Å². The van der Waals surface area contributed by atoms with Gasteiger partial charge in [0, 0.05) is 11.6 Å². The van der Waals surface area contributed by atoms with Crippen molar-refractivity contribution in [3.8, 4) is 0 Å². The van der Waals surface area contributed by atoms with E-state index in [0.717, 1.165) is 35.0 Å². The van der Waals surface area contributed by atoms with Gasteiger partial charge in [-0.2, -0.15) is 0 Å². The van der Waals surface area contributed by atoms with Crippen molar-refractivity contribution in [1.82, 2.24) is 10.3 Å². The fraction of sp³-hybridized carbons (Fsp3) is 0.158. The molecule has 0 saturated heterocycles. The number of nitrogens with zero attached hydrogens (tertiary/aromatic N) is 1. The Bertz CT molecular complexity index is 851. The topological polar surface area (TPSA) is 54.0 Å². The molecule has 0 atom stereocenters. The molecule has 0 spiro atoms. The fourth-order valence-electron chi connectivity index (χ4n) is 2.94. The number of amides is 2. The van der Waals surface area contributed by atoms with E-state index in [1.165, 1.54) is 0 Å². The van der Waals surface area contributed by atoms with E-state index >= 15 is 0 Å². The third-order valence-electron chi connectivity index (χ3n) is 4.31. The van der Waals surface area contributed by atoms with Crippen LogP contribution in [0.4, 0.5) is 10.5 Å². The average molecular weight is 303 g/mol. The first kappa shape index (κ1) is 13.8. The Labute approximate surface area is 134 Å². The normalized spacial score (nSPS) is 15.1. The molecule has 1 saturated carbocycles. The molecule has 0 unspecified atom stereocenters. The van der Waals surface area contributed by atoms with Crippen molar-refractivity contribution in [3.05, 3.63) is 72.4 Å². The van der Waals surface area contributed by atoms with Crippen LogP contribution in [-0.4, -0.2) is 11.0 Å². The average Bonchev–Trinajstić information content (AvgIpc) is 3.37. The number of rotatable bonds is 3. The Morgan fingerprint density at radius 1 is 0.957 bits per heavy atom. The Morgan fingerprint density at radius 3 is 2.52 bits per heavy atom. The molecule has 0 radical (unpaired) electrons. The van der Waals surface area contributed by atoms with Gasteiger partial charge in [-0.15, -0.1) is 0 Å². The maximum atomic E-state index is 12.4. The molecular formula is C19H17N3O. The lowest BCUT2D eigenvalue weighted by molar-refractivity contribution is 0.247. The van der Waals surface area contributed by atoms with Gasteiger partial charge in [0.25, 0.3) is 0 Å². The van der Waals surface area contributed by atoms with E-state index in [1.807, 2.05) is 48.5 Å². The number of anilines is 1. The van der Waals surface area contributed by atoms with Gasteiger partial charge in [0.15, 0.2) is 0 Å². The number of carbonyl (C=O) groups excluding carboxylic acids is 1. The first-order valence-corrected chi connectivity index (χ1v) is 7.75. The molecule has 4 rings (SSSR count). The molecule has 1 fully saturated rings. The molecule has 2 amide bonds. The van der Waals surface area contributed by atoms with Crippen LogP contribution < -0.4 is 10.6 Å². The summed E-state index contributed by atoms with van der Waals surface area (Å²) in [6.45, 7) is 0. The van der Waals surface area contributed by atoms with Gasteiger partial charge in [0.2, 0.25) is 0 Å². The van der Waals surface area contributed by atoms with Crippen LogP contribution in [0, 0.1) is 0 Å². The summed E-state index contributed by atoms with van der Waals surface area (Å²) in [7, 11) is 0. The molecule has 3 aromatic rings. The van der Waals surface area contributed by atoms with E-state index in [2.05, 4.69) is 27.8 Å². The Kier molecular flexibility index (Phi) is 3.23. The number of urea groups is 1. The van der Waals surface area contributed by atoms with E-state index in [9.17, 15) is 4.79 Å². The van der Waals surface area contributed by atoms with E-state index in [-0.39, 0.29) is 11.6 Å². The molecular weight excluding hydrogens is 286 g/mol. The highest BCUT2D eigenvalue weighted by molar-refractivity contribution is 5.99. The Morgan fingerprint density at radius 2 is 1.74 bits per heavy atom. The van der Waals surface area contributed by atoms with Crippen molar-refractivity contribution in [1.29, 1.82) is 0 Å². The molecule has 1 aliphatic carbocycles. The van der Waals surface area contributed by atoms with Crippen LogP contribution in [-0.2, 0) is 5.54 Å². The molecule has 4 heteroatoms. The van der Waals surface area contributed by atoms with Gasteiger partial charge >= 0.3 is 6.03 Å². The summed E-state index contributed by atoms with van der Waals surface area (Å²) in [5.74, 6) is 0. The third-order valence-corrected chi connectivity index (χ3v) is 4.31. The van der Waals surface area contributed by atoms with Crippen LogP contribution in [0.1, 0.15) is 18.4 Å². The van der Waals surface area contributed by atoms with Gasteiger partial charge in [-0.1, -0.05) is 48.5 Å². The van der Waals surface area contributed by atoms with Crippen LogP contribution in [0.15, 0.2) is 66.9 Å². The smallest absolute Gasteiger partial charge is 0.320 e. The Balaban J connectivity index is 1.54. The number of hydrogen-bond donors (Lipinski definition) is 2. The first-order valence-electron chi connectivity index (χ1n) is 7.75. The summed E-state index contributed by atoms with van der Waals surface area (Å²) in [6, 6.07) is 19.6. The molecule has 23 heavy (non-hydrogen) atoms. The number of nitrogens with one attached hydrogen (secondary N) is 2. The number of fused-ring (bicyclic) bond motifs is 1. The molecule has 1 aliphatic rings. The summed E-state index contributed by atoms with van der Waals surface area (Å²) >= 11 is 0. The summed E-state index contributed by atoms with van der Waals surface area (Å²) in [6.07, 6.45) is 3.67. The highest BCUT2D eigenvalue weighted by Crippen LogP contribution is 2.45. The fourth-order valence-corrected chi connectivity index (χ4v) is 2.94. The summed E-state index contributed by atoms with van der Waals surface area (Å²) in [5.41, 5.74) is 2.47. The minimum Gasteiger partial charge on any atom is -0.328 e. The zero-order valence-corrected chi connectivity index (χ0v) is 12.6. The largest absolute Gasteiger partial charge is 0.328 e. The summed E-state index contributed by atoms with van der Waals surface area (Å²) in [4.78, 5) is 16.8. The monoisotopic (exact) mass is 303 g/mol. The van der Waals surface area contributed by atoms with Crippen LogP contribution in [0.3, 0.4) is 0 Å². The van der Waals surface area contributed by atoms with Crippen molar-refractivity contribution in [2.45, 2.75) is 18.4 Å². The van der Waals surface area contributed by atoms with Crippen LogP contribution >= 0.6 is 0 Å². The van der Waals surface area contributed by atoms with Crippen LogP contribution in [0.5, 0.6) is 0 Å². The van der Waals surface area contributed by atoms with Gasteiger partial charge in [-0.05, 0) is 30.5 Å². The first-order chi connectivity index (χ1) is 11.3. The van der Waals surface area contributed by atoms with Gasteiger partial charge in [-0.25, -0.2) is 4.79 Å².